The topological polar surface area (TPSA) is 79.3 Å². The lowest BCUT2D eigenvalue weighted by atomic mass is 9.37. The summed E-state index contributed by atoms with van der Waals surface area (Å²) in [5.74, 6) is 1.26. The number of fused-ring (bicyclic) bond motifs is 5. The van der Waals surface area contributed by atoms with Crippen molar-refractivity contribution in [1.82, 2.24) is 0 Å². The fourth-order valence-electron chi connectivity index (χ4n) is 10.1. The van der Waals surface area contributed by atoms with E-state index >= 15 is 0 Å². The molecule has 1 heterocycles. The molecule has 198 valence electrons. The molecule has 5 rings (SSSR count). The number of Topliss-reactive ketones (excluding diaryl/α,β-unsaturated/α-hetero) is 1. The maximum absolute atomic E-state index is 12.9. The molecule has 5 aliphatic rings. The van der Waals surface area contributed by atoms with Crippen molar-refractivity contribution in [3.63, 3.8) is 0 Å². The van der Waals surface area contributed by atoms with Gasteiger partial charge < -0.3 is 19.7 Å². The number of allylic oxidation sites excluding steroid dienone is 1. The van der Waals surface area contributed by atoms with Crippen molar-refractivity contribution in [3.05, 3.63) is 11.6 Å². The lowest BCUT2D eigenvalue weighted by Crippen LogP contribution is -2.71. The standard InChI is InChI=1S/C30H48O5/c1-17(15-21(32)25-27(4,5)35-25)18-9-12-28(6)19(18)16-20(31)24-29(28,7)13-10-22-26(2,3)23(33)11-14-30(22,24)34-8/h15,18-22,24-25,31-32H,9-14,16H2,1-8H3. The summed E-state index contributed by atoms with van der Waals surface area (Å²) in [6, 6.07) is 0. The zero-order chi connectivity index (χ0) is 25.8. The van der Waals surface area contributed by atoms with E-state index in [1.165, 1.54) is 5.57 Å². The van der Waals surface area contributed by atoms with E-state index in [4.69, 9.17) is 9.47 Å². The number of ether oxygens (including phenoxy) is 2. The molecule has 10 unspecified atom stereocenters. The van der Waals surface area contributed by atoms with Gasteiger partial charge in [0.05, 0.1) is 17.3 Å². The van der Waals surface area contributed by atoms with E-state index in [2.05, 4.69) is 34.6 Å². The van der Waals surface area contributed by atoms with Gasteiger partial charge in [-0.05, 0) is 82.0 Å². The van der Waals surface area contributed by atoms with E-state index in [1.807, 2.05) is 27.0 Å². The Kier molecular flexibility index (Phi) is 5.83. The maximum atomic E-state index is 12.9. The Morgan fingerprint density at radius 3 is 2.31 bits per heavy atom. The molecule has 1 saturated heterocycles. The second kappa shape index (κ2) is 7.88. The minimum Gasteiger partial charge on any atom is -0.393 e. The molecule has 4 saturated carbocycles. The molecule has 0 aromatic heterocycles. The van der Waals surface area contributed by atoms with E-state index in [-0.39, 0.29) is 34.4 Å². The lowest BCUT2D eigenvalue weighted by molar-refractivity contribution is -0.277. The third kappa shape index (κ3) is 3.36. The van der Waals surface area contributed by atoms with Gasteiger partial charge in [0.2, 0.25) is 0 Å². The highest BCUT2D eigenvalue weighted by molar-refractivity contribution is 5.85. The van der Waals surface area contributed by atoms with Gasteiger partial charge in [-0.15, -0.1) is 0 Å². The summed E-state index contributed by atoms with van der Waals surface area (Å²) < 4.78 is 12.2. The molecular weight excluding hydrogens is 440 g/mol. The zero-order valence-electron chi connectivity index (χ0n) is 23.2. The smallest absolute Gasteiger partial charge is 0.138 e. The Labute approximate surface area is 212 Å². The first-order chi connectivity index (χ1) is 16.2. The van der Waals surface area contributed by atoms with Crippen LogP contribution in [0, 0.1) is 39.9 Å². The van der Waals surface area contributed by atoms with Gasteiger partial charge in [-0.2, -0.15) is 0 Å². The van der Waals surface area contributed by atoms with E-state index in [0.29, 0.717) is 24.0 Å². The van der Waals surface area contributed by atoms with E-state index in [1.54, 1.807) is 0 Å². The molecule has 0 spiro atoms. The third-order valence-electron chi connectivity index (χ3n) is 12.3. The Bertz CT molecular complexity index is 922. The van der Waals surface area contributed by atoms with Crippen LogP contribution in [0.25, 0.3) is 0 Å². The molecule has 5 nitrogen and oxygen atoms in total. The summed E-state index contributed by atoms with van der Waals surface area (Å²) in [6.45, 7) is 15.3. The summed E-state index contributed by atoms with van der Waals surface area (Å²) in [5, 5.41) is 22.7. The molecule has 0 aromatic rings. The van der Waals surface area contributed by atoms with Crippen LogP contribution < -0.4 is 0 Å². The Balaban J connectivity index is 1.48. The maximum Gasteiger partial charge on any atom is 0.138 e. The average Bonchev–Trinajstić information content (AvgIpc) is 3.28. The molecular formula is C30H48O5. The number of carbonyl (C=O) groups is 1. The normalized spacial score (nSPS) is 51.3. The van der Waals surface area contributed by atoms with Gasteiger partial charge in [0.15, 0.2) is 0 Å². The first-order valence-corrected chi connectivity index (χ1v) is 14.0. The van der Waals surface area contributed by atoms with Crippen LogP contribution in [0.2, 0.25) is 0 Å². The molecule has 5 fully saturated rings. The van der Waals surface area contributed by atoms with E-state index in [9.17, 15) is 15.0 Å². The summed E-state index contributed by atoms with van der Waals surface area (Å²) >= 11 is 0. The molecule has 5 heteroatoms. The Hall–Kier alpha value is -0.750. The molecule has 10 atom stereocenters. The highest BCUT2D eigenvalue weighted by Gasteiger charge is 2.72. The van der Waals surface area contributed by atoms with Gasteiger partial charge in [0.25, 0.3) is 0 Å². The van der Waals surface area contributed by atoms with Crippen LogP contribution in [0.3, 0.4) is 0 Å². The first kappa shape index (κ1) is 25.9. The highest BCUT2D eigenvalue weighted by atomic mass is 16.6. The summed E-state index contributed by atoms with van der Waals surface area (Å²) in [7, 11) is 1.82. The van der Waals surface area contributed by atoms with Crippen LogP contribution in [-0.4, -0.2) is 52.6 Å². The van der Waals surface area contributed by atoms with Crippen LogP contribution in [-0.2, 0) is 14.3 Å². The Morgan fingerprint density at radius 1 is 1.09 bits per heavy atom. The lowest BCUT2D eigenvalue weighted by Gasteiger charge is -2.69. The average molecular weight is 489 g/mol. The Morgan fingerprint density at radius 2 is 1.71 bits per heavy atom. The predicted molar refractivity (Wildman–Crippen MR) is 136 cm³/mol. The number of hydrogen-bond acceptors (Lipinski definition) is 5. The summed E-state index contributed by atoms with van der Waals surface area (Å²) in [4.78, 5) is 12.9. The number of aliphatic hydroxyl groups excluding tert-OH is 2. The number of carbonyl (C=O) groups excluding carboxylic acids is 1. The van der Waals surface area contributed by atoms with Crippen molar-refractivity contribution in [2.24, 2.45) is 39.9 Å². The van der Waals surface area contributed by atoms with Crippen molar-refractivity contribution >= 4 is 5.78 Å². The fraction of sp³-hybridized carbons (Fsp3) is 0.900. The minimum absolute atomic E-state index is 0.0293. The van der Waals surface area contributed by atoms with Gasteiger partial charge in [-0.1, -0.05) is 39.3 Å². The predicted octanol–water partition coefficient (Wildman–Crippen LogP) is 5.07. The number of epoxide rings is 1. The second-order valence-corrected chi connectivity index (χ2v) is 14.3. The van der Waals surface area contributed by atoms with Gasteiger partial charge in [-0.25, -0.2) is 0 Å². The highest BCUT2D eigenvalue weighted by Crippen LogP contribution is 2.73. The van der Waals surface area contributed by atoms with Gasteiger partial charge >= 0.3 is 0 Å². The van der Waals surface area contributed by atoms with Gasteiger partial charge in [0, 0.05) is 30.8 Å². The number of aliphatic hydroxyl groups is 2. The number of hydrogen-bond donors (Lipinski definition) is 2. The van der Waals surface area contributed by atoms with Crippen molar-refractivity contribution in [3.8, 4) is 0 Å². The number of rotatable bonds is 4. The molecule has 4 aliphatic carbocycles. The molecule has 0 aromatic carbocycles. The largest absolute Gasteiger partial charge is 0.393 e. The summed E-state index contributed by atoms with van der Waals surface area (Å²) in [5.41, 5.74) is 0.147. The molecule has 2 N–H and O–H groups in total. The summed E-state index contributed by atoms with van der Waals surface area (Å²) in [6.07, 6.45) is 7.11. The molecule has 0 bridgehead atoms. The molecule has 1 aliphatic heterocycles. The van der Waals surface area contributed by atoms with Crippen LogP contribution >= 0.6 is 0 Å². The molecule has 0 radical (unpaired) electrons. The van der Waals surface area contributed by atoms with Crippen molar-refractivity contribution < 1.29 is 24.5 Å². The van der Waals surface area contributed by atoms with Crippen molar-refractivity contribution in [1.29, 1.82) is 0 Å². The molecule has 35 heavy (non-hydrogen) atoms. The van der Waals surface area contributed by atoms with E-state index in [0.717, 1.165) is 38.5 Å². The van der Waals surface area contributed by atoms with Crippen LogP contribution in [0.4, 0.5) is 0 Å². The van der Waals surface area contributed by atoms with Crippen molar-refractivity contribution in [2.75, 3.05) is 7.11 Å². The van der Waals surface area contributed by atoms with E-state index < -0.39 is 23.2 Å². The first-order valence-electron chi connectivity index (χ1n) is 14.0. The quantitative estimate of drug-likeness (QED) is 0.426. The fourth-order valence-corrected chi connectivity index (χ4v) is 10.1. The van der Waals surface area contributed by atoms with Crippen LogP contribution in [0.1, 0.15) is 93.4 Å². The van der Waals surface area contributed by atoms with Crippen LogP contribution in [0.5, 0.6) is 0 Å². The zero-order valence-corrected chi connectivity index (χ0v) is 23.2. The SMILES string of the molecule is COC12CCC(=O)C(C)(C)C1CCC1(C)C2C(O)CC2C(C(C)=CC(O)C3OC3(C)C)CCC21C. The monoisotopic (exact) mass is 488 g/mol. The molecule has 0 amide bonds. The van der Waals surface area contributed by atoms with Gasteiger partial charge in [0.1, 0.15) is 18.0 Å². The number of ketones is 1. The van der Waals surface area contributed by atoms with Crippen LogP contribution in [0.15, 0.2) is 11.6 Å². The number of methoxy groups -OCH3 is 1. The van der Waals surface area contributed by atoms with Gasteiger partial charge in [-0.3, -0.25) is 4.79 Å². The third-order valence-corrected chi connectivity index (χ3v) is 12.3. The van der Waals surface area contributed by atoms with Crippen molar-refractivity contribution in [2.45, 2.75) is 123 Å². The minimum atomic E-state index is -0.581. The second-order valence-electron chi connectivity index (χ2n) is 14.3.